The molecule has 62 heavy (non-hydrogen) atoms. The van der Waals surface area contributed by atoms with Crippen molar-refractivity contribution >= 4 is 11.9 Å². The monoisotopic (exact) mass is 866 g/mol. The third kappa shape index (κ3) is 43.9. The molecule has 0 aliphatic heterocycles. The lowest BCUT2D eigenvalue weighted by Crippen LogP contribution is -2.46. The van der Waals surface area contributed by atoms with E-state index in [1.54, 1.807) is 0 Å². The van der Waals surface area contributed by atoms with Gasteiger partial charge < -0.3 is 20.3 Å². The number of rotatable bonds is 46. The van der Waals surface area contributed by atoms with Crippen LogP contribution in [0.3, 0.4) is 0 Å². The van der Waals surface area contributed by atoms with E-state index in [2.05, 4.69) is 92.9 Å². The third-order valence-electron chi connectivity index (χ3n) is 11.6. The summed E-state index contributed by atoms with van der Waals surface area (Å²) in [5.74, 6) is -0.571. The SMILES string of the molecule is CC/C=C\C/C=C\C/C=C\C/C=C\C/C=C\C/C=C\CCC(=O)OC(CCCCCCCCCCCCC)CC(=O)NC(CO)C(O)CCCCCCCCCCCCCCC. The molecule has 0 heterocycles. The summed E-state index contributed by atoms with van der Waals surface area (Å²) < 4.78 is 5.89. The van der Waals surface area contributed by atoms with Crippen LogP contribution in [0.1, 0.15) is 245 Å². The molecular weight excluding hydrogens is 767 g/mol. The van der Waals surface area contributed by atoms with Gasteiger partial charge in [-0.15, -0.1) is 0 Å². The van der Waals surface area contributed by atoms with E-state index in [0.29, 0.717) is 19.3 Å². The molecule has 6 heteroatoms. The van der Waals surface area contributed by atoms with Gasteiger partial charge in [0.1, 0.15) is 6.10 Å². The van der Waals surface area contributed by atoms with Crippen molar-refractivity contribution in [2.24, 2.45) is 0 Å². The molecule has 0 saturated heterocycles. The lowest BCUT2D eigenvalue weighted by Gasteiger charge is -2.24. The molecule has 0 saturated carbocycles. The molecule has 6 nitrogen and oxygen atoms in total. The van der Waals surface area contributed by atoms with Gasteiger partial charge in [0.05, 0.1) is 25.2 Å². The summed E-state index contributed by atoms with van der Waals surface area (Å²) in [6, 6.07) is -0.716. The molecule has 0 aromatic carbocycles. The van der Waals surface area contributed by atoms with Crippen LogP contribution in [-0.2, 0) is 14.3 Å². The lowest BCUT2D eigenvalue weighted by atomic mass is 10.0. The quantitative estimate of drug-likeness (QED) is 0.0322. The van der Waals surface area contributed by atoms with Crippen molar-refractivity contribution in [3.8, 4) is 0 Å². The highest BCUT2D eigenvalue weighted by Crippen LogP contribution is 2.18. The second kappa shape index (κ2) is 49.3. The molecule has 0 fully saturated rings. The Morgan fingerprint density at radius 2 is 0.839 bits per heavy atom. The predicted octanol–water partition coefficient (Wildman–Crippen LogP) is 15.8. The average Bonchev–Trinajstić information content (AvgIpc) is 3.26. The van der Waals surface area contributed by atoms with Gasteiger partial charge in [-0.3, -0.25) is 9.59 Å². The number of nitrogens with one attached hydrogen (secondary N) is 1. The number of ether oxygens (including phenoxy) is 1. The summed E-state index contributed by atoms with van der Waals surface area (Å²) in [7, 11) is 0. The van der Waals surface area contributed by atoms with Gasteiger partial charge in [-0.1, -0.05) is 241 Å². The zero-order valence-corrected chi connectivity index (χ0v) is 40.7. The van der Waals surface area contributed by atoms with Gasteiger partial charge in [0, 0.05) is 6.42 Å². The normalized spacial score (nSPS) is 13.8. The van der Waals surface area contributed by atoms with Crippen molar-refractivity contribution < 1.29 is 24.5 Å². The van der Waals surface area contributed by atoms with Crippen LogP contribution < -0.4 is 5.32 Å². The Bertz CT molecular complexity index is 1150. The number of hydrogen-bond acceptors (Lipinski definition) is 5. The number of allylic oxidation sites excluding steroid dienone is 12. The number of carbonyl (C=O) groups excluding carboxylic acids is 2. The Kier molecular flexibility index (Phi) is 47.2. The maximum atomic E-state index is 13.2. The Morgan fingerprint density at radius 1 is 0.484 bits per heavy atom. The molecule has 0 aliphatic carbocycles. The maximum Gasteiger partial charge on any atom is 0.306 e. The number of amides is 1. The van der Waals surface area contributed by atoms with Crippen LogP contribution in [0.15, 0.2) is 72.9 Å². The average molecular weight is 866 g/mol. The first-order valence-corrected chi connectivity index (χ1v) is 26.2. The largest absolute Gasteiger partial charge is 0.462 e. The lowest BCUT2D eigenvalue weighted by molar-refractivity contribution is -0.150. The van der Waals surface area contributed by atoms with E-state index in [1.165, 1.54) is 116 Å². The number of aliphatic hydroxyl groups is 2. The van der Waals surface area contributed by atoms with Gasteiger partial charge in [-0.2, -0.15) is 0 Å². The molecule has 3 atom stereocenters. The fraction of sp³-hybridized carbons (Fsp3) is 0.750. The molecule has 0 aromatic heterocycles. The number of aliphatic hydroxyl groups excluding tert-OH is 2. The molecule has 0 bridgehead atoms. The van der Waals surface area contributed by atoms with Crippen LogP contribution in [0.2, 0.25) is 0 Å². The molecule has 0 aliphatic rings. The Labute approximate surface area is 383 Å². The summed E-state index contributed by atoms with van der Waals surface area (Å²) in [4.78, 5) is 26.1. The fourth-order valence-corrected chi connectivity index (χ4v) is 7.63. The second-order valence-corrected chi connectivity index (χ2v) is 17.5. The number of hydrogen-bond donors (Lipinski definition) is 3. The number of esters is 1. The molecule has 0 spiro atoms. The van der Waals surface area contributed by atoms with Crippen molar-refractivity contribution in [3.63, 3.8) is 0 Å². The van der Waals surface area contributed by atoms with Crippen molar-refractivity contribution in [2.45, 2.75) is 264 Å². The maximum absolute atomic E-state index is 13.2. The smallest absolute Gasteiger partial charge is 0.306 e. The van der Waals surface area contributed by atoms with Gasteiger partial charge in [0.2, 0.25) is 5.91 Å². The van der Waals surface area contributed by atoms with Crippen LogP contribution in [-0.4, -0.2) is 46.9 Å². The van der Waals surface area contributed by atoms with Gasteiger partial charge >= 0.3 is 5.97 Å². The van der Waals surface area contributed by atoms with Crippen LogP contribution in [0.4, 0.5) is 0 Å². The van der Waals surface area contributed by atoms with Gasteiger partial charge in [-0.25, -0.2) is 0 Å². The van der Waals surface area contributed by atoms with E-state index in [-0.39, 0.29) is 31.3 Å². The van der Waals surface area contributed by atoms with Gasteiger partial charge in [-0.05, 0) is 64.2 Å². The van der Waals surface area contributed by atoms with E-state index in [1.807, 2.05) is 6.08 Å². The van der Waals surface area contributed by atoms with Crippen molar-refractivity contribution in [1.29, 1.82) is 0 Å². The minimum atomic E-state index is -0.800. The zero-order valence-electron chi connectivity index (χ0n) is 40.7. The van der Waals surface area contributed by atoms with E-state index in [4.69, 9.17) is 4.74 Å². The minimum absolute atomic E-state index is 0.0470. The number of unbranched alkanes of at least 4 members (excludes halogenated alkanes) is 22. The molecule has 0 aromatic rings. The highest BCUT2D eigenvalue weighted by atomic mass is 16.5. The first-order valence-electron chi connectivity index (χ1n) is 26.2. The Morgan fingerprint density at radius 3 is 1.23 bits per heavy atom. The van der Waals surface area contributed by atoms with Crippen molar-refractivity contribution in [2.75, 3.05) is 6.61 Å². The van der Waals surface area contributed by atoms with E-state index in [0.717, 1.165) is 77.0 Å². The highest BCUT2D eigenvalue weighted by Gasteiger charge is 2.24. The summed E-state index contributed by atoms with van der Waals surface area (Å²) in [6.45, 7) is 6.35. The van der Waals surface area contributed by atoms with E-state index in [9.17, 15) is 19.8 Å². The molecule has 0 rings (SSSR count). The Hall–Kier alpha value is -2.70. The summed E-state index contributed by atoms with van der Waals surface area (Å²) >= 11 is 0. The van der Waals surface area contributed by atoms with E-state index < -0.39 is 18.2 Å². The fourth-order valence-electron chi connectivity index (χ4n) is 7.63. The van der Waals surface area contributed by atoms with E-state index >= 15 is 0 Å². The third-order valence-corrected chi connectivity index (χ3v) is 11.6. The molecule has 0 radical (unpaired) electrons. The van der Waals surface area contributed by atoms with Crippen LogP contribution in [0, 0.1) is 0 Å². The van der Waals surface area contributed by atoms with Crippen LogP contribution >= 0.6 is 0 Å². The van der Waals surface area contributed by atoms with Gasteiger partial charge in [0.15, 0.2) is 0 Å². The number of carbonyl (C=O) groups is 2. The zero-order chi connectivity index (χ0) is 45.2. The molecule has 3 unspecified atom stereocenters. The predicted molar refractivity (Wildman–Crippen MR) is 268 cm³/mol. The second-order valence-electron chi connectivity index (χ2n) is 17.5. The summed E-state index contributed by atoms with van der Waals surface area (Å²) in [5, 5.41) is 23.7. The molecular formula is C56H99NO5. The minimum Gasteiger partial charge on any atom is -0.462 e. The highest BCUT2D eigenvalue weighted by molar-refractivity contribution is 5.77. The summed E-state index contributed by atoms with van der Waals surface area (Å²) in [5.41, 5.74) is 0. The van der Waals surface area contributed by atoms with Crippen LogP contribution in [0.25, 0.3) is 0 Å². The topological polar surface area (TPSA) is 95.9 Å². The van der Waals surface area contributed by atoms with Gasteiger partial charge in [0.25, 0.3) is 0 Å². The molecule has 1 amide bonds. The molecule has 3 N–H and O–H groups in total. The van der Waals surface area contributed by atoms with Crippen molar-refractivity contribution in [1.82, 2.24) is 5.32 Å². The first-order chi connectivity index (χ1) is 30.5. The Balaban J connectivity index is 4.64. The standard InChI is InChI=1S/C56H99NO5/c1-4-7-10-13-16-19-22-24-25-26-27-28-29-31-34-37-40-43-46-49-56(61)62-52(47-44-41-38-35-32-21-18-15-12-9-6-3)50-55(60)57-53(51-58)54(59)48-45-42-39-36-33-30-23-20-17-14-11-8-5-2/h7,10,16,19,24-25,27-28,31,34,40,43,52-54,58-59H,4-6,8-9,11-15,17-18,20-23,26,29-30,32-33,35-39,41-42,44-51H2,1-3H3,(H,57,60)/b10-7-,19-16-,25-24-,28-27-,34-31-,43-40-. The summed E-state index contributed by atoms with van der Waals surface area (Å²) in [6.07, 6.45) is 62.5. The van der Waals surface area contributed by atoms with Crippen LogP contribution in [0.5, 0.6) is 0 Å². The van der Waals surface area contributed by atoms with Crippen molar-refractivity contribution in [3.05, 3.63) is 72.9 Å². The first kappa shape index (κ1) is 59.3. The molecule has 358 valence electrons.